The topological polar surface area (TPSA) is 58.1 Å². The Kier molecular flexibility index (Phi) is 5.40. The minimum absolute atomic E-state index is 0.0608. The van der Waals surface area contributed by atoms with Gasteiger partial charge in [-0.1, -0.05) is 6.07 Å². The van der Waals surface area contributed by atoms with E-state index in [0.717, 1.165) is 24.9 Å². The van der Waals surface area contributed by atoms with E-state index in [1.165, 1.54) is 6.07 Å². The molecule has 1 unspecified atom stereocenters. The van der Waals surface area contributed by atoms with E-state index >= 15 is 0 Å². The molecule has 126 valence electrons. The second kappa shape index (κ2) is 7.70. The Bertz CT molecular complexity index is 713. The Balaban J connectivity index is 1.57. The van der Waals surface area contributed by atoms with Crippen molar-refractivity contribution in [2.45, 2.75) is 25.3 Å². The molecular formula is C17H18BrFN4O. The number of hydrogen-bond donors (Lipinski definition) is 1. The van der Waals surface area contributed by atoms with Gasteiger partial charge >= 0.3 is 0 Å². The van der Waals surface area contributed by atoms with Gasteiger partial charge in [-0.2, -0.15) is 0 Å². The van der Waals surface area contributed by atoms with Gasteiger partial charge in [0, 0.05) is 31.5 Å². The van der Waals surface area contributed by atoms with Crippen molar-refractivity contribution in [1.29, 1.82) is 0 Å². The molecule has 1 amide bonds. The van der Waals surface area contributed by atoms with Gasteiger partial charge in [0.2, 0.25) is 11.9 Å². The molecule has 7 heteroatoms. The lowest BCUT2D eigenvalue weighted by Gasteiger charge is -2.33. The third-order valence-corrected chi connectivity index (χ3v) is 4.58. The predicted octanol–water partition coefficient (Wildman–Crippen LogP) is 2.71. The normalized spacial score (nSPS) is 17.6. The van der Waals surface area contributed by atoms with Crippen LogP contribution in [0.4, 0.5) is 10.3 Å². The van der Waals surface area contributed by atoms with Gasteiger partial charge in [-0.15, -0.1) is 0 Å². The smallest absolute Gasteiger partial charge is 0.225 e. The second-order valence-electron chi connectivity index (χ2n) is 5.83. The second-order valence-corrected chi connectivity index (χ2v) is 6.68. The number of amides is 1. The van der Waals surface area contributed by atoms with Crippen LogP contribution in [-0.2, 0) is 11.2 Å². The lowest BCUT2D eigenvalue weighted by atomic mass is 10.1. The molecule has 24 heavy (non-hydrogen) atoms. The Morgan fingerprint density at radius 2 is 2.17 bits per heavy atom. The van der Waals surface area contributed by atoms with Crippen LogP contribution in [0.15, 0.2) is 41.1 Å². The van der Waals surface area contributed by atoms with E-state index in [9.17, 15) is 9.18 Å². The first-order valence-electron chi connectivity index (χ1n) is 7.87. The minimum Gasteiger partial charge on any atom is -0.351 e. The first-order chi connectivity index (χ1) is 11.6. The van der Waals surface area contributed by atoms with Gasteiger partial charge in [0.25, 0.3) is 0 Å². The summed E-state index contributed by atoms with van der Waals surface area (Å²) in [6.45, 7) is 1.59. The number of hydrogen-bond acceptors (Lipinski definition) is 4. The summed E-state index contributed by atoms with van der Waals surface area (Å²) in [5.41, 5.74) is 0.778. The zero-order chi connectivity index (χ0) is 16.9. The van der Waals surface area contributed by atoms with Crippen molar-refractivity contribution in [3.05, 3.63) is 52.5 Å². The van der Waals surface area contributed by atoms with Crippen LogP contribution in [0.1, 0.15) is 18.4 Å². The zero-order valence-corrected chi connectivity index (χ0v) is 14.7. The van der Waals surface area contributed by atoms with Gasteiger partial charge in [0.1, 0.15) is 5.82 Å². The monoisotopic (exact) mass is 392 g/mol. The van der Waals surface area contributed by atoms with Crippen LogP contribution in [0.2, 0.25) is 0 Å². The first-order valence-corrected chi connectivity index (χ1v) is 8.66. The highest BCUT2D eigenvalue weighted by atomic mass is 79.9. The fourth-order valence-electron chi connectivity index (χ4n) is 2.84. The molecule has 1 aromatic heterocycles. The van der Waals surface area contributed by atoms with Crippen LogP contribution >= 0.6 is 15.9 Å². The van der Waals surface area contributed by atoms with E-state index in [4.69, 9.17) is 0 Å². The summed E-state index contributed by atoms with van der Waals surface area (Å²) in [5, 5.41) is 3.06. The van der Waals surface area contributed by atoms with Crippen molar-refractivity contribution >= 4 is 27.8 Å². The molecule has 0 spiro atoms. The van der Waals surface area contributed by atoms with E-state index in [2.05, 4.69) is 36.1 Å². The molecule has 1 atom stereocenters. The fourth-order valence-corrected chi connectivity index (χ4v) is 3.27. The molecule has 2 heterocycles. The molecular weight excluding hydrogens is 375 g/mol. The number of benzene rings is 1. The van der Waals surface area contributed by atoms with Gasteiger partial charge in [0.05, 0.1) is 10.9 Å². The zero-order valence-electron chi connectivity index (χ0n) is 13.1. The van der Waals surface area contributed by atoms with Crippen LogP contribution in [0.25, 0.3) is 0 Å². The van der Waals surface area contributed by atoms with Crippen molar-refractivity contribution in [3.8, 4) is 0 Å². The molecule has 0 bridgehead atoms. The molecule has 1 aromatic carbocycles. The summed E-state index contributed by atoms with van der Waals surface area (Å²) in [6.07, 6.45) is 5.58. The molecule has 1 fully saturated rings. The van der Waals surface area contributed by atoms with E-state index in [1.807, 2.05) is 0 Å². The van der Waals surface area contributed by atoms with Crippen LogP contribution in [0, 0.1) is 5.82 Å². The Morgan fingerprint density at radius 1 is 1.38 bits per heavy atom. The Morgan fingerprint density at radius 3 is 2.92 bits per heavy atom. The van der Waals surface area contributed by atoms with Crippen LogP contribution in [0.3, 0.4) is 0 Å². The van der Waals surface area contributed by atoms with Gasteiger partial charge in [0.15, 0.2) is 0 Å². The highest BCUT2D eigenvalue weighted by Crippen LogP contribution is 2.18. The fraction of sp³-hybridized carbons (Fsp3) is 0.353. The summed E-state index contributed by atoms with van der Waals surface area (Å²) in [4.78, 5) is 22.9. The molecule has 1 saturated heterocycles. The third-order valence-electron chi connectivity index (χ3n) is 3.97. The molecule has 0 saturated carbocycles. The lowest BCUT2D eigenvalue weighted by Crippen LogP contribution is -2.48. The van der Waals surface area contributed by atoms with Gasteiger partial charge in [-0.05, 0) is 52.5 Å². The first kappa shape index (κ1) is 16.8. The van der Waals surface area contributed by atoms with Gasteiger partial charge in [-0.3, -0.25) is 4.79 Å². The van der Waals surface area contributed by atoms with Gasteiger partial charge in [-0.25, -0.2) is 14.4 Å². The summed E-state index contributed by atoms with van der Waals surface area (Å²) >= 11 is 3.14. The molecule has 0 aliphatic carbocycles. The standard InChI is InChI=1S/C17H18BrFN4O/c18-14-9-12(4-5-15(14)19)10-16(24)22-13-3-1-8-23(11-13)17-20-6-2-7-21-17/h2,4-7,9,13H,1,3,8,10-11H2,(H,22,24). The number of carbonyl (C=O) groups is 1. The molecule has 0 radical (unpaired) electrons. The maximum atomic E-state index is 13.2. The highest BCUT2D eigenvalue weighted by molar-refractivity contribution is 9.10. The molecule has 1 aliphatic heterocycles. The maximum Gasteiger partial charge on any atom is 0.225 e. The SMILES string of the molecule is O=C(Cc1ccc(F)c(Br)c1)NC1CCCN(c2ncccn2)C1. The summed E-state index contributed by atoms with van der Waals surface area (Å²) in [6, 6.07) is 6.49. The molecule has 2 aromatic rings. The largest absolute Gasteiger partial charge is 0.351 e. The van der Waals surface area contributed by atoms with Crippen LogP contribution < -0.4 is 10.2 Å². The average Bonchev–Trinajstić information content (AvgIpc) is 2.59. The van der Waals surface area contributed by atoms with Crippen molar-refractivity contribution < 1.29 is 9.18 Å². The van der Waals surface area contributed by atoms with Crippen LogP contribution in [-0.4, -0.2) is 35.0 Å². The molecule has 1 aliphatic rings. The summed E-state index contributed by atoms with van der Waals surface area (Å²) in [7, 11) is 0. The summed E-state index contributed by atoms with van der Waals surface area (Å²) in [5.74, 6) is 0.304. The van der Waals surface area contributed by atoms with E-state index in [1.54, 1.807) is 30.6 Å². The number of carbonyl (C=O) groups excluding carboxylic acids is 1. The third kappa shape index (κ3) is 4.29. The lowest BCUT2D eigenvalue weighted by molar-refractivity contribution is -0.121. The maximum absolute atomic E-state index is 13.2. The number of piperidine rings is 1. The van der Waals surface area contributed by atoms with E-state index < -0.39 is 0 Å². The minimum atomic E-state index is -0.329. The van der Waals surface area contributed by atoms with E-state index in [-0.39, 0.29) is 24.2 Å². The number of rotatable bonds is 4. The molecule has 5 nitrogen and oxygen atoms in total. The molecule has 1 N–H and O–H groups in total. The van der Waals surface area contributed by atoms with Crippen molar-refractivity contribution in [2.24, 2.45) is 0 Å². The number of aromatic nitrogens is 2. The average molecular weight is 393 g/mol. The van der Waals surface area contributed by atoms with Crippen molar-refractivity contribution in [2.75, 3.05) is 18.0 Å². The van der Waals surface area contributed by atoms with E-state index in [0.29, 0.717) is 17.0 Å². The Labute approximate surface area is 148 Å². The van der Waals surface area contributed by atoms with Crippen LogP contribution in [0.5, 0.6) is 0 Å². The van der Waals surface area contributed by atoms with Crippen molar-refractivity contribution in [1.82, 2.24) is 15.3 Å². The quantitative estimate of drug-likeness (QED) is 0.868. The molecule has 3 rings (SSSR count). The number of nitrogens with one attached hydrogen (secondary N) is 1. The summed E-state index contributed by atoms with van der Waals surface area (Å²) < 4.78 is 13.6. The predicted molar refractivity (Wildman–Crippen MR) is 93.2 cm³/mol. The van der Waals surface area contributed by atoms with Crippen molar-refractivity contribution in [3.63, 3.8) is 0 Å². The Hall–Kier alpha value is -2.02. The van der Waals surface area contributed by atoms with Gasteiger partial charge < -0.3 is 10.2 Å². The highest BCUT2D eigenvalue weighted by Gasteiger charge is 2.23. The number of anilines is 1. The number of halogens is 2. The number of nitrogens with zero attached hydrogens (tertiary/aromatic N) is 3.